The lowest BCUT2D eigenvalue weighted by atomic mass is 10.1. The number of nitrogens with zero attached hydrogens (tertiary/aromatic N) is 4. The van der Waals surface area contributed by atoms with Crippen molar-refractivity contribution in [2.45, 2.75) is 12.7 Å². The molecule has 1 aromatic heterocycles. The number of aromatic nitrogens is 3. The summed E-state index contributed by atoms with van der Waals surface area (Å²) in [5.41, 5.74) is 6.02. The number of nitrogens with two attached hydrogens (primary N) is 1. The third kappa shape index (κ3) is 4.51. The van der Waals surface area contributed by atoms with Crippen LogP contribution in [0.3, 0.4) is 0 Å². The van der Waals surface area contributed by atoms with E-state index in [0.29, 0.717) is 18.7 Å². The number of halogens is 6. The van der Waals surface area contributed by atoms with Crippen molar-refractivity contribution in [3.05, 3.63) is 57.0 Å². The van der Waals surface area contributed by atoms with Crippen LogP contribution in [-0.4, -0.2) is 44.7 Å². The summed E-state index contributed by atoms with van der Waals surface area (Å²) in [4.78, 5) is 8.98. The average Bonchev–Trinajstić information content (AvgIpc) is 3.15. The lowest BCUT2D eigenvalue weighted by Crippen LogP contribution is -2.38. The average molecular weight is 450 g/mol. The van der Waals surface area contributed by atoms with Crippen molar-refractivity contribution in [3.63, 3.8) is 0 Å². The van der Waals surface area contributed by atoms with Crippen LogP contribution in [0.15, 0.2) is 28.9 Å². The molecular formula is C16H13Cl2F4N7. The molecule has 0 fully saturated rings. The van der Waals surface area contributed by atoms with E-state index in [1.807, 2.05) is 0 Å². The van der Waals surface area contributed by atoms with E-state index in [9.17, 15) is 17.6 Å². The number of amidine groups is 1. The van der Waals surface area contributed by atoms with Gasteiger partial charge in [-0.15, -0.1) is 0 Å². The minimum atomic E-state index is -4.72. The first kappa shape index (κ1) is 21.1. The molecule has 0 bridgehead atoms. The van der Waals surface area contributed by atoms with Crippen LogP contribution in [0.4, 0.5) is 17.6 Å². The molecular weight excluding hydrogens is 437 g/mol. The summed E-state index contributed by atoms with van der Waals surface area (Å²) in [6.07, 6.45) is -3.54. The van der Waals surface area contributed by atoms with Gasteiger partial charge in [-0.3, -0.25) is 15.5 Å². The molecule has 0 unspecified atom stereocenters. The summed E-state index contributed by atoms with van der Waals surface area (Å²) in [5.74, 6) is -2.39. The molecule has 0 saturated carbocycles. The second-order valence-corrected chi connectivity index (χ2v) is 6.74. The van der Waals surface area contributed by atoms with Crippen LogP contribution in [0.5, 0.6) is 0 Å². The smallest absolute Gasteiger partial charge is 0.382 e. The van der Waals surface area contributed by atoms with Gasteiger partial charge in [-0.2, -0.15) is 18.3 Å². The molecule has 1 aliphatic heterocycles. The molecule has 7 nitrogen and oxygen atoms in total. The molecule has 1 aliphatic rings. The zero-order valence-electron chi connectivity index (χ0n) is 14.5. The number of allylic oxidation sites excluding steroid dienone is 1. The largest absolute Gasteiger partial charge is 0.451 e. The highest BCUT2D eigenvalue weighted by molar-refractivity contribution is 6.36. The highest BCUT2D eigenvalue weighted by Crippen LogP contribution is 2.30. The van der Waals surface area contributed by atoms with E-state index in [1.54, 1.807) is 10.00 Å². The van der Waals surface area contributed by atoms with Crippen LogP contribution in [0.25, 0.3) is 0 Å². The van der Waals surface area contributed by atoms with E-state index in [4.69, 9.17) is 34.3 Å². The van der Waals surface area contributed by atoms with Gasteiger partial charge in [-0.25, -0.2) is 9.37 Å². The van der Waals surface area contributed by atoms with Crippen molar-refractivity contribution in [1.29, 1.82) is 5.41 Å². The zero-order chi connectivity index (χ0) is 21.3. The van der Waals surface area contributed by atoms with Gasteiger partial charge in [0.15, 0.2) is 5.82 Å². The first-order valence-electron chi connectivity index (χ1n) is 8.05. The lowest BCUT2D eigenvalue weighted by molar-refractivity contribution is -0.144. The molecule has 2 aromatic rings. The molecule has 0 aliphatic carbocycles. The van der Waals surface area contributed by atoms with Gasteiger partial charge < -0.3 is 10.6 Å². The minimum Gasteiger partial charge on any atom is -0.382 e. The van der Waals surface area contributed by atoms with E-state index in [1.165, 1.54) is 12.1 Å². The third-order valence-electron chi connectivity index (χ3n) is 4.02. The number of H-pyrrole nitrogens is 1. The van der Waals surface area contributed by atoms with Gasteiger partial charge >= 0.3 is 6.18 Å². The topological polar surface area (TPSA) is 107 Å². The molecule has 0 saturated heterocycles. The van der Waals surface area contributed by atoms with Crippen molar-refractivity contribution in [2.75, 3.05) is 13.1 Å². The van der Waals surface area contributed by atoms with Gasteiger partial charge in [0.25, 0.3) is 0 Å². The van der Waals surface area contributed by atoms with Gasteiger partial charge in [-0.1, -0.05) is 23.2 Å². The van der Waals surface area contributed by atoms with Crippen molar-refractivity contribution in [2.24, 2.45) is 10.7 Å². The number of hydrogen-bond donors (Lipinski definition) is 3. The van der Waals surface area contributed by atoms with Gasteiger partial charge in [0.2, 0.25) is 5.82 Å². The van der Waals surface area contributed by atoms with E-state index in [0.717, 1.165) is 6.07 Å². The number of aromatic amines is 1. The Morgan fingerprint density at radius 2 is 2.07 bits per heavy atom. The summed E-state index contributed by atoms with van der Waals surface area (Å²) < 4.78 is 51.8. The monoisotopic (exact) mass is 449 g/mol. The molecule has 2 heterocycles. The Kier molecular flexibility index (Phi) is 5.80. The van der Waals surface area contributed by atoms with E-state index in [-0.39, 0.29) is 28.1 Å². The second-order valence-electron chi connectivity index (χ2n) is 5.96. The van der Waals surface area contributed by atoms with Crippen LogP contribution in [0, 0.1) is 11.2 Å². The summed E-state index contributed by atoms with van der Waals surface area (Å²) >= 11 is 12.1. The first-order valence-corrected chi connectivity index (χ1v) is 8.81. The SMILES string of the molecule is N=C(/C=C1\C(N)=NCCN1Cc1c(Cl)ccc(F)c1Cl)c1n[nH]c(C(F)(F)F)n1. The second kappa shape index (κ2) is 7.99. The van der Waals surface area contributed by atoms with Crippen LogP contribution in [0.1, 0.15) is 17.2 Å². The van der Waals surface area contributed by atoms with Crippen LogP contribution >= 0.6 is 23.2 Å². The van der Waals surface area contributed by atoms with Crippen molar-refractivity contribution < 1.29 is 17.6 Å². The fourth-order valence-electron chi connectivity index (χ4n) is 2.60. The molecule has 1 aromatic carbocycles. The molecule has 29 heavy (non-hydrogen) atoms. The lowest BCUT2D eigenvalue weighted by Gasteiger charge is -2.30. The van der Waals surface area contributed by atoms with Crippen molar-refractivity contribution >= 4 is 34.7 Å². The van der Waals surface area contributed by atoms with E-state index < -0.39 is 29.4 Å². The van der Waals surface area contributed by atoms with E-state index in [2.05, 4.69) is 15.1 Å². The Labute approximate surface area is 171 Å². The summed E-state index contributed by atoms with van der Waals surface area (Å²) in [5, 5.41) is 13.2. The number of aliphatic imine (C=N–C) groups is 1. The summed E-state index contributed by atoms with van der Waals surface area (Å²) in [6.45, 7) is 0.706. The Bertz CT molecular complexity index is 1010. The van der Waals surface area contributed by atoms with Crippen LogP contribution < -0.4 is 5.73 Å². The van der Waals surface area contributed by atoms with E-state index >= 15 is 0 Å². The Morgan fingerprint density at radius 3 is 2.72 bits per heavy atom. The summed E-state index contributed by atoms with van der Waals surface area (Å²) in [6, 6.07) is 2.49. The highest BCUT2D eigenvalue weighted by atomic mass is 35.5. The number of nitrogens with one attached hydrogen (secondary N) is 2. The fraction of sp³-hybridized carbons (Fsp3) is 0.250. The number of hydrogen-bond acceptors (Lipinski definition) is 6. The molecule has 0 radical (unpaired) electrons. The van der Waals surface area contributed by atoms with Gasteiger partial charge in [0, 0.05) is 23.7 Å². The fourth-order valence-corrected chi connectivity index (χ4v) is 3.09. The Balaban J connectivity index is 1.92. The Hall–Kier alpha value is -2.66. The zero-order valence-corrected chi connectivity index (χ0v) is 16.0. The number of alkyl halides is 3. The number of rotatable bonds is 4. The molecule has 154 valence electrons. The molecule has 0 spiro atoms. The maximum atomic E-state index is 13.8. The maximum absolute atomic E-state index is 13.8. The Morgan fingerprint density at radius 1 is 1.34 bits per heavy atom. The molecule has 0 amide bonds. The van der Waals surface area contributed by atoms with Crippen molar-refractivity contribution in [1.82, 2.24) is 20.1 Å². The quantitative estimate of drug-likeness (QED) is 0.377. The van der Waals surface area contributed by atoms with Gasteiger partial charge in [0.05, 0.1) is 17.3 Å². The predicted molar refractivity (Wildman–Crippen MR) is 99.6 cm³/mol. The minimum absolute atomic E-state index is 0.0482. The molecule has 3 rings (SSSR count). The highest BCUT2D eigenvalue weighted by Gasteiger charge is 2.35. The molecule has 13 heteroatoms. The first-order chi connectivity index (χ1) is 13.6. The predicted octanol–water partition coefficient (Wildman–Crippen LogP) is 3.39. The summed E-state index contributed by atoms with van der Waals surface area (Å²) in [7, 11) is 0. The third-order valence-corrected chi connectivity index (χ3v) is 4.78. The van der Waals surface area contributed by atoms with Crippen LogP contribution in [0.2, 0.25) is 10.0 Å². The van der Waals surface area contributed by atoms with Gasteiger partial charge in [-0.05, 0) is 18.2 Å². The maximum Gasteiger partial charge on any atom is 0.451 e. The van der Waals surface area contributed by atoms with Gasteiger partial charge in [0.1, 0.15) is 17.4 Å². The standard InChI is InChI=1S/C16H13Cl2F4N7/c17-8-1-2-9(19)12(18)7(8)6-29-4-3-25-13(24)11(29)5-10(23)14-26-15(28-27-14)16(20,21)22/h1-2,5,23H,3-4,6H2,(H2,24,25)(H,26,27,28)/b11-5+,23-10?. The van der Waals surface area contributed by atoms with Crippen molar-refractivity contribution in [3.8, 4) is 0 Å². The van der Waals surface area contributed by atoms with Crippen LogP contribution in [-0.2, 0) is 12.7 Å². The number of benzene rings is 1. The molecule has 4 N–H and O–H groups in total. The normalized spacial score (nSPS) is 16.3. The molecule has 0 atom stereocenters.